The summed E-state index contributed by atoms with van der Waals surface area (Å²) in [6, 6.07) is 9.12. The van der Waals surface area contributed by atoms with Crippen LogP contribution in [-0.4, -0.2) is 65.6 Å². The van der Waals surface area contributed by atoms with Gasteiger partial charge in [-0.05, 0) is 57.9 Å². The molecule has 0 atom stereocenters. The molecule has 0 aliphatic carbocycles. The Morgan fingerprint density at radius 2 is 1.61 bits per heavy atom. The van der Waals surface area contributed by atoms with Crippen LogP contribution >= 0.6 is 11.6 Å². The van der Waals surface area contributed by atoms with E-state index in [2.05, 4.69) is 14.8 Å². The molecule has 2 fully saturated rings. The van der Waals surface area contributed by atoms with Gasteiger partial charge in [0.1, 0.15) is 11.6 Å². The number of rotatable bonds is 5. The van der Waals surface area contributed by atoms with Crippen molar-refractivity contribution in [3.8, 4) is 5.75 Å². The zero-order valence-corrected chi connectivity index (χ0v) is 19.2. The number of carbonyl (C=O) groups excluding carboxylic acids is 1. The fourth-order valence-electron chi connectivity index (χ4n) is 4.12. The van der Waals surface area contributed by atoms with Gasteiger partial charge < -0.3 is 19.4 Å². The summed E-state index contributed by atoms with van der Waals surface area (Å²) in [7, 11) is 0. The molecule has 4 rings (SSSR count). The highest BCUT2D eigenvalue weighted by atomic mass is 35.5. The molecule has 2 aliphatic rings. The van der Waals surface area contributed by atoms with E-state index in [4.69, 9.17) is 21.3 Å². The first-order valence-corrected chi connectivity index (χ1v) is 11.3. The van der Waals surface area contributed by atoms with Crippen molar-refractivity contribution in [1.82, 2.24) is 14.9 Å². The maximum atomic E-state index is 13.1. The first-order chi connectivity index (χ1) is 14.8. The second-order valence-corrected chi connectivity index (χ2v) is 9.14. The summed E-state index contributed by atoms with van der Waals surface area (Å²) in [5.41, 5.74) is 0.0210. The normalized spacial score (nSPS) is 17.2. The standard InChI is InChI=1S/C23H30ClN5O2/c1-17-16-20(26-22(25-17)29-10-4-5-11-29)27-12-14-28(15-13-27)21(30)23(2,3)31-19-8-6-18(24)7-9-19/h6-9,16H,4-5,10-15H2,1-3H3. The first-order valence-electron chi connectivity index (χ1n) is 10.9. The smallest absolute Gasteiger partial charge is 0.266 e. The second-order valence-electron chi connectivity index (χ2n) is 8.71. The van der Waals surface area contributed by atoms with Crippen molar-refractivity contribution in [3.63, 3.8) is 0 Å². The van der Waals surface area contributed by atoms with Gasteiger partial charge in [0.2, 0.25) is 5.95 Å². The molecular weight excluding hydrogens is 414 g/mol. The van der Waals surface area contributed by atoms with E-state index in [1.807, 2.05) is 31.7 Å². The third-order valence-electron chi connectivity index (χ3n) is 5.81. The van der Waals surface area contributed by atoms with Gasteiger partial charge in [0.05, 0.1) is 0 Å². The quantitative estimate of drug-likeness (QED) is 0.704. The molecule has 7 nitrogen and oxygen atoms in total. The van der Waals surface area contributed by atoms with E-state index in [1.54, 1.807) is 24.3 Å². The Labute approximate surface area is 189 Å². The molecule has 0 radical (unpaired) electrons. The molecule has 8 heteroatoms. The molecule has 0 N–H and O–H groups in total. The topological polar surface area (TPSA) is 61.8 Å². The lowest BCUT2D eigenvalue weighted by molar-refractivity contribution is -0.145. The maximum absolute atomic E-state index is 13.1. The number of aryl methyl sites for hydroxylation is 1. The highest BCUT2D eigenvalue weighted by molar-refractivity contribution is 6.30. The number of benzene rings is 1. The van der Waals surface area contributed by atoms with Gasteiger partial charge in [-0.1, -0.05) is 11.6 Å². The van der Waals surface area contributed by atoms with Gasteiger partial charge >= 0.3 is 0 Å². The van der Waals surface area contributed by atoms with Gasteiger partial charge in [0.25, 0.3) is 5.91 Å². The van der Waals surface area contributed by atoms with Gasteiger partial charge in [-0.25, -0.2) is 4.98 Å². The number of halogens is 1. The number of nitrogens with zero attached hydrogens (tertiary/aromatic N) is 5. The number of amides is 1. The molecule has 166 valence electrons. The number of aromatic nitrogens is 2. The van der Waals surface area contributed by atoms with Crippen molar-refractivity contribution in [1.29, 1.82) is 0 Å². The Balaban J connectivity index is 1.39. The molecule has 2 aromatic rings. The number of hydrogen-bond acceptors (Lipinski definition) is 6. The van der Waals surface area contributed by atoms with Crippen LogP contribution in [0.1, 0.15) is 32.4 Å². The minimum absolute atomic E-state index is 0.0151. The van der Waals surface area contributed by atoms with Crippen LogP contribution in [0.25, 0.3) is 0 Å². The van der Waals surface area contributed by atoms with Gasteiger partial charge in [-0.15, -0.1) is 0 Å². The average Bonchev–Trinajstić information content (AvgIpc) is 3.29. The molecule has 2 saturated heterocycles. The van der Waals surface area contributed by atoms with Crippen molar-refractivity contribution >= 4 is 29.3 Å². The van der Waals surface area contributed by atoms with Crippen molar-refractivity contribution in [2.45, 2.75) is 39.2 Å². The van der Waals surface area contributed by atoms with E-state index >= 15 is 0 Å². The lowest BCUT2D eigenvalue weighted by Crippen LogP contribution is -2.56. The van der Waals surface area contributed by atoms with E-state index in [0.717, 1.165) is 43.6 Å². The number of anilines is 2. The fraction of sp³-hybridized carbons (Fsp3) is 0.522. The third-order valence-corrected chi connectivity index (χ3v) is 6.06. The highest BCUT2D eigenvalue weighted by Gasteiger charge is 2.36. The predicted molar refractivity (Wildman–Crippen MR) is 123 cm³/mol. The van der Waals surface area contributed by atoms with Gasteiger partial charge in [-0.3, -0.25) is 4.79 Å². The van der Waals surface area contributed by atoms with Gasteiger partial charge in [0, 0.05) is 56.1 Å². The zero-order chi connectivity index (χ0) is 22.0. The van der Waals surface area contributed by atoms with Crippen LogP contribution in [0.5, 0.6) is 5.75 Å². The number of piperazine rings is 1. The Kier molecular flexibility index (Phi) is 6.23. The number of carbonyl (C=O) groups is 1. The second kappa shape index (κ2) is 8.91. The summed E-state index contributed by atoms with van der Waals surface area (Å²) in [6.07, 6.45) is 2.39. The minimum Gasteiger partial charge on any atom is -0.478 e. The predicted octanol–water partition coefficient (Wildman–Crippen LogP) is 3.54. The number of ether oxygens (including phenoxy) is 1. The fourth-order valence-corrected chi connectivity index (χ4v) is 4.24. The summed E-state index contributed by atoms with van der Waals surface area (Å²) in [4.78, 5) is 29.0. The SMILES string of the molecule is Cc1cc(N2CCN(C(=O)C(C)(C)Oc3ccc(Cl)cc3)CC2)nc(N2CCCC2)n1. The van der Waals surface area contributed by atoms with Crippen LogP contribution in [0.15, 0.2) is 30.3 Å². The van der Waals surface area contributed by atoms with E-state index in [-0.39, 0.29) is 5.91 Å². The minimum atomic E-state index is -0.954. The Hall–Kier alpha value is -2.54. The van der Waals surface area contributed by atoms with Crippen molar-refractivity contribution < 1.29 is 9.53 Å². The third kappa shape index (κ3) is 5.03. The average molecular weight is 444 g/mol. The molecule has 1 aromatic heterocycles. The Morgan fingerprint density at radius 1 is 0.968 bits per heavy atom. The molecule has 0 spiro atoms. The Morgan fingerprint density at radius 3 is 2.26 bits per heavy atom. The summed E-state index contributed by atoms with van der Waals surface area (Å²) >= 11 is 5.94. The van der Waals surface area contributed by atoms with Gasteiger partial charge in [-0.2, -0.15) is 4.98 Å². The molecule has 0 bridgehead atoms. The van der Waals surface area contributed by atoms with Crippen LogP contribution in [0.4, 0.5) is 11.8 Å². The Bertz CT molecular complexity index is 920. The van der Waals surface area contributed by atoms with Crippen LogP contribution in [0.3, 0.4) is 0 Å². The van der Waals surface area contributed by atoms with E-state index in [1.165, 1.54) is 12.8 Å². The molecule has 1 aromatic carbocycles. The molecule has 1 amide bonds. The largest absolute Gasteiger partial charge is 0.478 e. The lowest BCUT2D eigenvalue weighted by Gasteiger charge is -2.39. The van der Waals surface area contributed by atoms with Crippen LogP contribution in [0, 0.1) is 6.92 Å². The van der Waals surface area contributed by atoms with Crippen molar-refractivity contribution in [2.24, 2.45) is 0 Å². The van der Waals surface area contributed by atoms with Gasteiger partial charge in [0.15, 0.2) is 5.60 Å². The van der Waals surface area contributed by atoms with Crippen molar-refractivity contribution in [2.75, 3.05) is 49.1 Å². The molecule has 0 saturated carbocycles. The number of hydrogen-bond donors (Lipinski definition) is 0. The molecule has 0 unspecified atom stereocenters. The summed E-state index contributed by atoms with van der Waals surface area (Å²) in [6.45, 7) is 10.4. The van der Waals surface area contributed by atoms with Crippen LogP contribution in [0.2, 0.25) is 5.02 Å². The first kappa shape index (κ1) is 21.7. The van der Waals surface area contributed by atoms with E-state index in [9.17, 15) is 4.79 Å². The zero-order valence-electron chi connectivity index (χ0n) is 18.5. The maximum Gasteiger partial charge on any atom is 0.266 e. The van der Waals surface area contributed by atoms with Crippen molar-refractivity contribution in [3.05, 3.63) is 41.0 Å². The monoisotopic (exact) mass is 443 g/mol. The van der Waals surface area contributed by atoms with E-state index in [0.29, 0.717) is 23.9 Å². The summed E-state index contributed by atoms with van der Waals surface area (Å²) in [5, 5.41) is 0.639. The van der Waals surface area contributed by atoms with E-state index < -0.39 is 5.60 Å². The highest BCUT2D eigenvalue weighted by Crippen LogP contribution is 2.25. The molecular formula is C23H30ClN5O2. The van der Waals surface area contributed by atoms with Crippen LogP contribution < -0.4 is 14.5 Å². The molecule has 2 aliphatic heterocycles. The lowest BCUT2D eigenvalue weighted by atomic mass is 10.1. The molecule has 31 heavy (non-hydrogen) atoms. The summed E-state index contributed by atoms with van der Waals surface area (Å²) < 4.78 is 5.98. The molecule has 3 heterocycles. The van der Waals surface area contributed by atoms with Crippen LogP contribution in [-0.2, 0) is 4.79 Å². The summed E-state index contributed by atoms with van der Waals surface area (Å²) in [5.74, 6) is 2.38.